The maximum Gasteiger partial charge on any atom is 0.331 e. The molecule has 0 bridgehead atoms. The Balaban J connectivity index is 2.67. The summed E-state index contributed by atoms with van der Waals surface area (Å²) in [7, 11) is 0. The average Bonchev–Trinajstić information content (AvgIpc) is 2.93. The summed E-state index contributed by atoms with van der Waals surface area (Å²) in [6, 6.07) is 4.35. The zero-order chi connectivity index (χ0) is 15.6. The van der Waals surface area contributed by atoms with E-state index in [1.165, 1.54) is 16.8 Å². The highest BCUT2D eigenvalue weighted by molar-refractivity contribution is 9.10. The third-order valence-corrected chi connectivity index (χ3v) is 4.11. The van der Waals surface area contributed by atoms with Crippen LogP contribution >= 0.6 is 15.9 Å². The fraction of sp³-hybridized carbons (Fsp3) is 0.385. The smallest absolute Gasteiger partial charge is 0.331 e. The lowest BCUT2D eigenvalue weighted by molar-refractivity contribution is -0.148. The second-order valence-corrected chi connectivity index (χ2v) is 5.50. The Labute approximate surface area is 129 Å². The monoisotopic (exact) mass is 356 g/mol. The van der Waals surface area contributed by atoms with Gasteiger partial charge in [0.25, 0.3) is 0 Å². The summed E-state index contributed by atoms with van der Waals surface area (Å²) in [6.07, 6.45) is 0.568. The second-order valence-electron chi connectivity index (χ2n) is 4.58. The molecule has 0 unspecified atom stereocenters. The number of halogens is 2. The van der Waals surface area contributed by atoms with Crippen molar-refractivity contribution in [2.45, 2.75) is 32.2 Å². The van der Waals surface area contributed by atoms with Crippen molar-refractivity contribution < 1.29 is 14.3 Å². The van der Waals surface area contributed by atoms with Gasteiger partial charge in [0.1, 0.15) is 5.82 Å². The second kappa shape index (κ2) is 5.88. The highest BCUT2D eigenvalue weighted by Crippen LogP contribution is 2.31. The van der Waals surface area contributed by atoms with Crippen LogP contribution in [0.1, 0.15) is 26.7 Å². The van der Waals surface area contributed by atoms with Crippen molar-refractivity contribution in [2.75, 3.05) is 0 Å². The third-order valence-electron chi connectivity index (χ3n) is 3.61. The molecule has 0 atom stereocenters. The van der Waals surface area contributed by atoms with Crippen LogP contribution in [0.2, 0.25) is 0 Å². The summed E-state index contributed by atoms with van der Waals surface area (Å²) < 4.78 is 15.9. The topological polar surface area (TPSA) is 80.9 Å². The van der Waals surface area contributed by atoms with Crippen molar-refractivity contribution in [3.8, 4) is 11.4 Å². The van der Waals surface area contributed by atoms with Gasteiger partial charge in [0.2, 0.25) is 0 Å². The van der Waals surface area contributed by atoms with E-state index in [-0.39, 0.29) is 24.2 Å². The molecule has 2 rings (SSSR count). The standard InChI is InChI=1S/C13H14BrFN4O2/c1-3-13(4-2,12(20)21)19-11(16-17-18-19)9-7-8(14)5-6-10(9)15/h5-7H,3-4H2,1-2H3,(H,20,21). The number of hydrogen-bond acceptors (Lipinski definition) is 4. The van der Waals surface area contributed by atoms with Gasteiger partial charge >= 0.3 is 5.97 Å². The molecule has 1 N–H and O–H groups in total. The summed E-state index contributed by atoms with van der Waals surface area (Å²) in [4.78, 5) is 11.7. The van der Waals surface area contributed by atoms with E-state index in [0.29, 0.717) is 4.47 Å². The Morgan fingerprint density at radius 1 is 1.43 bits per heavy atom. The first-order valence-electron chi connectivity index (χ1n) is 6.44. The quantitative estimate of drug-likeness (QED) is 0.890. The first-order valence-corrected chi connectivity index (χ1v) is 7.23. The Morgan fingerprint density at radius 2 is 2.10 bits per heavy atom. The molecule has 21 heavy (non-hydrogen) atoms. The predicted octanol–water partition coefficient (Wildman–Crippen LogP) is 2.84. The number of hydrogen-bond donors (Lipinski definition) is 1. The van der Waals surface area contributed by atoms with Crippen LogP contribution in [0.3, 0.4) is 0 Å². The number of carboxylic acid groups (broad SMARTS) is 1. The number of carbonyl (C=O) groups is 1. The average molecular weight is 357 g/mol. The van der Waals surface area contributed by atoms with E-state index < -0.39 is 17.3 Å². The maximum absolute atomic E-state index is 14.0. The minimum Gasteiger partial charge on any atom is -0.479 e. The van der Waals surface area contributed by atoms with Gasteiger partial charge in [0.05, 0.1) is 5.56 Å². The first kappa shape index (κ1) is 15.6. The molecule has 8 heteroatoms. The molecule has 2 aromatic rings. The molecule has 0 aliphatic rings. The molecule has 0 spiro atoms. The summed E-state index contributed by atoms with van der Waals surface area (Å²) >= 11 is 3.26. The van der Waals surface area contributed by atoms with Crippen molar-refractivity contribution in [3.05, 3.63) is 28.5 Å². The van der Waals surface area contributed by atoms with Gasteiger partial charge in [-0.25, -0.2) is 13.9 Å². The molecule has 0 radical (unpaired) electrons. The minimum absolute atomic E-state index is 0.0971. The van der Waals surface area contributed by atoms with Crippen LogP contribution < -0.4 is 0 Å². The summed E-state index contributed by atoms with van der Waals surface area (Å²) in [5.74, 6) is -1.46. The van der Waals surface area contributed by atoms with E-state index in [2.05, 4.69) is 31.5 Å². The van der Waals surface area contributed by atoms with Crippen LogP contribution in [-0.4, -0.2) is 31.3 Å². The Hall–Kier alpha value is -1.83. The SMILES string of the molecule is CCC(CC)(C(=O)O)n1nnnc1-c1cc(Br)ccc1F. The number of aliphatic carboxylic acids is 1. The summed E-state index contributed by atoms with van der Waals surface area (Å²) in [5, 5.41) is 20.7. The largest absolute Gasteiger partial charge is 0.479 e. The van der Waals surface area contributed by atoms with E-state index in [0.717, 1.165) is 0 Å². The molecule has 1 aromatic heterocycles. The Kier molecular flexibility index (Phi) is 4.36. The van der Waals surface area contributed by atoms with Crippen LogP contribution in [0.4, 0.5) is 4.39 Å². The zero-order valence-electron chi connectivity index (χ0n) is 11.5. The van der Waals surface area contributed by atoms with Crippen LogP contribution in [0.5, 0.6) is 0 Å². The Bertz CT molecular complexity index is 670. The van der Waals surface area contributed by atoms with Crippen molar-refractivity contribution in [3.63, 3.8) is 0 Å². The number of tetrazole rings is 1. The van der Waals surface area contributed by atoms with Gasteiger partial charge in [-0.2, -0.15) is 0 Å². The van der Waals surface area contributed by atoms with E-state index in [9.17, 15) is 14.3 Å². The molecule has 0 fully saturated rings. The van der Waals surface area contributed by atoms with Crippen molar-refractivity contribution in [2.24, 2.45) is 0 Å². The van der Waals surface area contributed by atoms with Crippen LogP contribution in [0.25, 0.3) is 11.4 Å². The lowest BCUT2D eigenvalue weighted by atomic mass is 9.92. The molecule has 0 aliphatic heterocycles. The molecule has 6 nitrogen and oxygen atoms in total. The highest BCUT2D eigenvalue weighted by Gasteiger charge is 2.40. The van der Waals surface area contributed by atoms with Crippen molar-refractivity contribution in [1.82, 2.24) is 20.2 Å². The molecule has 0 amide bonds. The number of benzene rings is 1. The van der Waals surface area contributed by atoms with E-state index in [1.807, 2.05) is 0 Å². The van der Waals surface area contributed by atoms with E-state index in [1.54, 1.807) is 19.9 Å². The van der Waals surface area contributed by atoms with E-state index >= 15 is 0 Å². The minimum atomic E-state index is -1.30. The van der Waals surface area contributed by atoms with Crippen LogP contribution in [-0.2, 0) is 10.3 Å². The summed E-state index contributed by atoms with van der Waals surface area (Å²) in [6.45, 7) is 3.47. The molecule has 1 heterocycles. The van der Waals surface area contributed by atoms with Gasteiger partial charge in [-0.15, -0.1) is 5.10 Å². The first-order chi connectivity index (χ1) is 9.96. The molecule has 1 aromatic carbocycles. The predicted molar refractivity (Wildman–Crippen MR) is 77.1 cm³/mol. The van der Waals surface area contributed by atoms with Gasteiger partial charge in [0.15, 0.2) is 11.4 Å². The zero-order valence-corrected chi connectivity index (χ0v) is 13.1. The Morgan fingerprint density at radius 3 is 2.67 bits per heavy atom. The maximum atomic E-state index is 14.0. The van der Waals surface area contributed by atoms with Crippen LogP contribution in [0.15, 0.2) is 22.7 Å². The fourth-order valence-electron chi connectivity index (χ4n) is 2.25. The van der Waals surface area contributed by atoms with Crippen molar-refractivity contribution >= 4 is 21.9 Å². The molecular weight excluding hydrogens is 343 g/mol. The van der Waals surface area contributed by atoms with Crippen LogP contribution in [0, 0.1) is 5.82 Å². The molecule has 112 valence electrons. The number of rotatable bonds is 5. The van der Waals surface area contributed by atoms with Gasteiger partial charge in [-0.05, 0) is 41.5 Å². The molecule has 0 saturated heterocycles. The normalized spacial score (nSPS) is 11.6. The highest BCUT2D eigenvalue weighted by atomic mass is 79.9. The fourth-order valence-corrected chi connectivity index (χ4v) is 2.62. The number of carboxylic acids is 1. The van der Waals surface area contributed by atoms with Gasteiger partial charge in [-0.3, -0.25) is 0 Å². The third kappa shape index (κ3) is 2.55. The summed E-state index contributed by atoms with van der Waals surface area (Å²) in [5.41, 5.74) is -1.14. The number of nitrogens with zero attached hydrogens (tertiary/aromatic N) is 4. The van der Waals surface area contributed by atoms with Gasteiger partial charge in [-0.1, -0.05) is 29.8 Å². The molecule has 0 saturated carbocycles. The van der Waals surface area contributed by atoms with E-state index in [4.69, 9.17) is 0 Å². The van der Waals surface area contributed by atoms with Gasteiger partial charge in [0, 0.05) is 4.47 Å². The molecular formula is C13H14BrFN4O2. The van der Waals surface area contributed by atoms with Crippen molar-refractivity contribution in [1.29, 1.82) is 0 Å². The lowest BCUT2D eigenvalue weighted by Crippen LogP contribution is -2.42. The molecule has 0 aliphatic carbocycles. The lowest BCUT2D eigenvalue weighted by Gasteiger charge is -2.27. The number of aromatic nitrogens is 4. The van der Waals surface area contributed by atoms with Gasteiger partial charge < -0.3 is 5.11 Å².